The molecule has 0 N–H and O–H groups in total. The number of benzene rings is 2. The molecule has 212 valence electrons. The van der Waals surface area contributed by atoms with Gasteiger partial charge in [-0.1, -0.05) is 12.1 Å². The lowest BCUT2D eigenvalue weighted by Crippen LogP contribution is -2.39. The molecule has 40 heavy (non-hydrogen) atoms. The van der Waals surface area contributed by atoms with Crippen LogP contribution in [0.15, 0.2) is 63.4 Å². The number of carbonyl (C=O) groups excluding carboxylic acids is 2. The number of nitrogens with zero attached hydrogens (tertiary/aromatic N) is 1. The smallest absolute Gasteiger partial charge is 0.175 e. The zero-order valence-electron chi connectivity index (χ0n) is 23.1. The van der Waals surface area contributed by atoms with Crippen molar-refractivity contribution >= 4 is 27.5 Å². The number of ether oxygens (including phenoxy) is 3. The Morgan fingerprint density at radius 3 is 2.30 bits per heavy atom. The molecule has 1 heterocycles. The summed E-state index contributed by atoms with van der Waals surface area (Å²) in [6.45, 7) is 3.81. The zero-order valence-corrected chi connectivity index (χ0v) is 24.7. The molecule has 2 aliphatic carbocycles. The van der Waals surface area contributed by atoms with Gasteiger partial charge in [0.1, 0.15) is 12.4 Å². The van der Waals surface area contributed by atoms with Crippen LogP contribution in [-0.2, 0) is 20.9 Å². The minimum absolute atomic E-state index is 0.105. The van der Waals surface area contributed by atoms with Crippen molar-refractivity contribution < 1.29 is 28.2 Å². The highest BCUT2D eigenvalue weighted by Gasteiger charge is 2.43. The Hall–Kier alpha value is -2.97. The van der Waals surface area contributed by atoms with E-state index in [0.717, 1.165) is 66.8 Å². The van der Waals surface area contributed by atoms with Crippen LogP contribution in [0.25, 0.3) is 0 Å². The summed E-state index contributed by atoms with van der Waals surface area (Å²) in [6, 6.07) is 10.1. The van der Waals surface area contributed by atoms with E-state index in [-0.39, 0.29) is 24.0 Å². The molecule has 0 atom stereocenters. The van der Waals surface area contributed by atoms with Gasteiger partial charge < -0.3 is 19.1 Å². The predicted octanol–water partition coefficient (Wildman–Crippen LogP) is 7.02. The molecular weight excluding hydrogens is 577 g/mol. The monoisotopic (exact) mass is 611 g/mol. The van der Waals surface area contributed by atoms with Gasteiger partial charge in [-0.05, 0) is 90.4 Å². The number of halogens is 2. The van der Waals surface area contributed by atoms with Crippen LogP contribution in [0, 0.1) is 5.82 Å². The highest BCUT2D eigenvalue weighted by Crippen LogP contribution is 2.51. The van der Waals surface area contributed by atoms with Gasteiger partial charge in [0.15, 0.2) is 23.1 Å². The van der Waals surface area contributed by atoms with E-state index in [1.54, 1.807) is 19.2 Å². The molecule has 0 unspecified atom stereocenters. The molecule has 1 aliphatic heterocycles. The van der Waals surface area contributed by atoms with Gasteiger partial charge >= 0.3 is 0 Å². The number of hydrogen-bond donors (Lipinski definition) is 0. The lowest BCUT2D eigenvalue weighted by atomic mass is 9.71. The van der Waals surface area contributed by atoms with Crippen LogP contribution in [0.5, 0.6) is 11.5 Å². The first-order chi connectivity index (χ1) is 19.4. The summed E-state index contributed by atoms with van der Waals surface area (Å²) >= 11 is 3.68. The highest BCUT2D eigenvalue weighted by molar-refractivity contribution is 9.10. The number of methoxy groups -OCH3 is 1. The van der Waals surface area contributed by atoms with Crippen LogP contribution in [0.1, 0.15) is 68.9 Å². The van der Waals surface area contributed by atoms with Gasteiger partial charge in [0.05, 0.1) is 11.1 Å². The second-order valence-electron chi connectivity index (χ2n) is 10.4. The van der Waals surface area contributed by atoms with Gasteiger partial charge in [-0.15, -0.1) is 0 Å². The van der Waals surface area contributed by atoms with Crippen molar-refractivity contribution in [2.75, 3.05) is 26.9 Å². The molecule has 2 aromatic rings. The largest absolute Gasteiger partial charge is 0.490 e. The summed E-state index contributed by atoms with van der Waals surface area (Å²) in [6.07, 6.45) is 5.01. The maximum atomic E-state index is 13.7. The minimum Gasteiger partial charge on any atom is -0.490 e. The van der Waals surface area contributed by atoms with Gasteiger partial charge in [-0.2, -0.15) is 0 Å². The van der Waals surface area contributed by atoms with Crippen molar-refractivity contribution in [3.05, 3.63) is 80.4 Å². The third-order valence-corrected chi connectivity index (χ3v) is 8.34. The number of Topliss-reactive ketones (excluding diaryl/α,β-unsaturated/α-hetero) is 2. The summed E-state index contributed by atoms with van der Waals surface area (Å²) in [4.78, 5) is 29.4. The van der Waals surface area contributed by atoms with E-state index in [0.29, 0.717) is 47.6 Å². The Balaban J connectivity index is 1.59. The minimum atomic E-state index is -0.447. The number of ketones is 2. The fourth-order valence-electron chi connectivity index (χ4n) is 6.13. The number of rotatable bonds is 10. The molecule has 2 aromatic carbocycles. The number of carbonyl (C=O) groups is 2. The molecule has 6 nitrogen and oxygen atoms in total. The van der Waals surface area contributed by atoms with Crippen molar-refractivity contribution in [2.24, 2.45) is 0 Å². The number of hydrogen-bond acceptors (Lipinski definition) is 6. The van der Waals surface area contributed by atoms with Crippen LogP contribution < -0.4 is 9.47 Å². The quantitative estimate of drug-likeness (QED) is 0.269. The third-order valence-electron chi connectivity index (χ3n) is 7.75. The predicted molar refractivity (Wildman–Crippen MR) is 154 cm³/mol. The third kappa shape index (κ3) is 5.75. The van der Waals surface area contributed by atoms with Gasteiger partial charge in [0.25, 0.3) is 0 Å². The van der Waals surface area contributed by atoms with E-state index >= 15 is 0 Å². The second-order valence-corrected chi connectivity index (χ2v) is 11.2. The van der Waals surface area contributed by atoms with Crippen LogP contribution >= 0.6 is 15.9 Å². The molecule has 3 aliphatic rings. The van der Waals surface area contributed by atoms with Crippen molar-refractivity contribution in [3.8, 4) is 11.5 Å². The molecule has 0 amide bonds. The van der Waals surface area contributed by atoms with E-state index in [4.69, 9.17) is 14.2 Å². The average Bonchev–Trinajstić information content (AvgIpc) is 2.93. The zero-order chi connectivity index (χ0) is 28.2. The standard InChI is InChI=1S/C32H35BrFNO5/c1-3-39-28-18-21(17-23(33)32(28)40-19-20-8-4-9-22(34)16-20)29-30-24(10-5-12-26(30)36)35(14-7-15-38-2)25-11-6-13-27(37)31(25)29/h4,8-9,16-18,29H,3,5-7,10-15,19H2,1-2H3. The fourth-order valence-corrected chi connectivity index (χ4v) is 6.70. The van der Waals surface area contributed by atoms with Crippen molar-refractivity contribution in [1.82, 2.24) is 4.90 Å². The first kappa shape index (κ1) is 28.6. The first-order valence-corrected chi connectivity index (χ1v) is 14.8. The maximum Gasteiger partial charge on any atom is 0.175 e. The molecule has 0 spiro atoms. The molecule has 0 saturated carbocycles. The van der Waals surface area contributed by atoms with Gasteiger partial charge in [0, 0.05) is 61.6 Å². The van der Waals surface area contributed by atoms with Gasteiger partial charge in [-0.3, -0.25) is 9.59 Å². The van der Waals surface area contributed by atoms with Crippen molar-refractivity contribution in [1.29, 1.82) is 0 Å². The number of allylic oxidation sites excluding steroid dienone is 4. The van der Waals surface area contributed by atoms with Gasteiger partial charge in [-0.25, -0.2) is 4.39 Å². The molecule has 8 heteroatoms. The Morgan fingerprint density at radius 2 is 1.68 bits per heavy atom. The van der Waals surface area contributed by atoms with Gasteiger partial charge in [0.2, 0.25) is 0 Å². The topological polar surface area (TPSA) is 65.1 Å². The molecule has 0 radical (unpaired) electrons. The van der Waals surface area contributed by atoms with E-state index in [1.807, 2.05) is 19.1 Å². The fraction of sp³-hybridized carbons (Fsp3) is 0.438. The van der Waals surface area contributed by atoms with Crippen molar-refractivity contribution in [2.45, 2.75) is 64.4 Å². The Bertz CT molecular complexity index is 1320. The van der Waals surface area contributed by atoms with E-state index in [1.165, 1.54) is 12.1 Å². The van der Waals surface area contributed by atoms with E-state index in [2.05, 4.69) is 20.8 Å². The second kappa shape index (κ2) is 12.7. The summed E-state index contributed by atoms with van der Waals surface area (Å²) in [7, 11) is 1.69. The van der Waals surface area contributed by atoms with E-state index in [9.17, 15) is 14.0 Å². The Kier molecular flexibility index (Phi) is 9.06. The summed E-state index contributed by atoms with van der Waals surface area (Å²) in [5.41, 5.74) is 5.10. The lowest BCUT2D eigenvalue weighted by Gasteiger charge is -2.44. The first-order valence-electron chi connectivity index (χ1n) is 14.0. The van der Waals surface area contributed by atoms with Crippen LogP contribution in [0.3, 0.4) is 0 Å². The van der Waals surface area contributed by atoms with Crippen LogP contribution in [0.2, 0.25) is 0 Å². The van der Waals surface area contributed by atoms with Crippen LogP contribution in [-0.4, -0.2) is 43.3 Å². The lowest BCUT2D eigenvalue weighted by molar-refractivity contribution is -0.117. The van der Waals surface area contributed by atoms with Crippen molar-refractivity contribution in [3.63, 3.8) is 0 Å². The molecule has 0 bridgehead atoms. The summed E-state index contributed by atoms with van der Waals surface area (Å²) in [5, 5.41) is 0. The normalized spacial score (nSPS) is 17.8. The summed E-state index contributed by atoms with van der Waals surface area (Å²) < 4.78 is 31.8. The molecule has 0 fully saturated rings. The molecular formula is C32H35BrFNO5. The van der Waals surface area contributed by atoms with E-state index < -0.39 is 5.92 Å². The van der Waals surface area contributed by atoms with Crippen LogP contribution in [0.4, 0.5) is 4.39 Å². The highest BCUT2D eigenvalue weighted by atomic mass is 79.9. The Morgan fingerprint density at radius 1 is 0.975 bits per heavy atom. The molecule has 5 rings (SSSR count). The molecule has 0 saturated heterocycles. The molecule has 0 aromatic heterocycles. The maximum absolute atomic E-state index is 13.7. The SMILES string of the molecule is CCOc1cc(C2C3=C(CCCC3=O)N(CCCOC)C3=C2C(=O)CCC3)cc(Br)c1OCc1cccc(F)c1. The Labute approximate surface area is 243 Å². The average molecular weight is 613 g/mol. The summed E-state index contributed by atoms with van der Waals surface area (Å²) in [5.74, 6) is 0.456.